The van der Waals surface area contributed by atoms with Crippen LogP contribution < -0.4 is 5.73 Å². The van der Waals surface area contributed by atoms with Crippen LogP contribution in [0.2, 0.25) is 0 Å². The first-order chi connectivity index (χ1) is 17.0. The van der Waals surface area contributed by atoms with Crippen molar-refractivity contribution in [1.29, 1.82) is 5.26 Å². The highest BCUT2D eigenvalue weighted by atomic mass is 16.1. The van der Waals surface area contributed by atoms with Gasteiger partial charge in [-0.2, -0.15) is 14.9 Å². The van der Waals surface area contributed by atoms with Crippen molar-refractivity contribution in [1.82, 2.24) is 24.5 Å². The summed E-state index contributed by atoms with van der Waals surface area (Å²) in [4.78, 5) is 24.3. The number of benzene rings is 1. The molecule has 4 aromatic rings. The van der Waals surface area contributed by atoms with Crippen molar-refractivity contribution in [2.75, 3.05) is 5.73 Å². The Balaban J connectivity index is 1.44. The Morgan fingerprint density at radius 1 is 1.06 bits per heavy atom. The molecule has 3 aromatic heterocycles. The molecule has 0 radical (unpaired) electrons. The number of fused-ring (bicyclic) bond motifs is 3. The minimum absolute atomic E-state index is 0.0737. The van der Waals surface area contributed by atoms with Crippen molar-refractivity contribution < 1.29 is 4.79 Å². The SMILES string of the molecule is CC(=O)c1c([C@H]2CC3CC[C@@H](C2)N3C#N)nc2c(-c3ccc(-c4ccccc4)nc3)cnn2c1N. The molecule has 5 heterocycles. The Morgan fingerprint density at radius 3 is 2.43 bits per heavy atom. The summed E-state index contributed by atoms with van der Waals surface area (Å²) in [5, 5.41) is 14.0. The first-order valence-electron chi connectivity index (χ1n) is 11.9. The van der Waals surface area contributed by atoms with Gasteiger partial charge in [0.25, 0.3) is 0 Å². The molecule has 2 aliphatic heterocycles. The van der Waals surface area contributed by atoms with Crippen LogP contribution in [0, 0.1) is 11.5 Å². The average molecular weight is 464 g/mol. The lowest BCUT2D eigenvalue weighted by molar-refractivity contribution is 0.101. The molecule has 8 nitrogen and oxygen atoms in total. The van der Waals surface area contributed by atoms with Crippen molar-refractivity contribution in [3.05, 3.63) is 66.1 Å². The van der Waals surface area contributed by atoms with E-state index in [2.05, 4.69) is 16.3 Å². The maximum Gasteiger partial charge on any atom is 0.179 e. The molecule has 6 rings (SSSR count). The molecule has 2 N–H and O–H groups in total. The molecular weight excluding hydrogens is 438 g/mol. The third-order valence-corrected chi connectivity index (χ3v) is 7.44. The Labute approximate surface area is 203 Å². The van der Waals surface area contributed by atoms with Crippen LogP contribution in [0.4, 0.5) is 5.82 Å². The number of ketones is 1. The lowest BCUT2D eigenvalue weighted by atomic mass is 9.85. The summed E-state index contributed by atoms with van der Waals surface area (Å²) < 4.78 is 1.56. The fourth-order valence-electron chi connectivity index (χ4n) is 5.79. The molecule has 2 bridgehead atoms. The number of pyridine rings is 1. The Morgan fingerprint density at radius 2 is 1.80 bits per heavy atom. The van der Waals surface area contributed by atoms with Crippen LogP contribution in [0.3, 0.4) is 0 Å². The molecule has 1 aromatic carbocycles. The second-order valence-electron chi connectivity index (χ2n) is 9.47. The maximum absolute atomic E-state index is 12.7. The predicted octanol–water partition coefficient (Wildman–Crippen LogP) is 4.43. The summed E-state index contributed by atoms with van der Waals surface area (Å²) in [6.07, 6.45) is 9.50. The van der Waals surface area contributed by atoms with Gasteiger partial charge in [-0.3, -0.25) is 9.78 Å². The summed E-state index contributed by atoms with van der Waals surface area (Å²) in [5.74, 6) is 0.269. The number of nitrogen functional groups attached to an aromatic ring is 1. The number of nitrogens with zero attached hydrogens (tertiary/aromatic N) is 6. The van der Waals surface area contributed by atoms with Crippen molar-refractivity contribution in [3.8, 4) is 28.6 Å². The summed E-state index contributed by atoms with van der Waals surface area (Å²) in [6.45, 7) is 1.53. The molecule has 1 unspecified atom stereocenters. The molecule has 0 aliphatic carbocycles. The maximum atomic E-state index is 12.7. The van der Waals surface area contributed by atoms with E-state index in [-0.39, 0.29) is 23.8 Å². The van der Waals surface area contributed by atoms with E-state index >= 15 is 0 Å². The van der Waals surface area contributed by atoms with Crippen molar-refractivity contribution in [3.63, 3.8) is 0 Å². The Kier molecular flexibility index (Phi) is 4.99. The summed E-state index contributed by atoms with van der Waals surface area (Å²) in [5.41, 5.74) is 11.9. The monoisotopic (exact) mass is 463 g/mol. The van der Waals surface area contributed by atoms with E-state index in [0.29, 0.717) is 17.0 Å². The molecular formula is C27H25N7O. The first-order valence-corrected chi connectivity index (χ1v) is 11.9. The molecule has 2 fully saturated rings. The van der Waals surface area contributed by atoms with Gasteiger partial charge in [0.2, 0.25) is 0 Å². The highest BCUT2D eigenvalue weighted by Gasteiger charge is 2.42. The molecule has 0 amide bonds. The van der Waals surface area contributed by atoms with Gasteiger partial charge < -0.3 is 10.6 Å². The van der Waals surface area contributed by atoms with Gasteiger partial charge in [0.1, 0.15) is 5.82 Å². The summed E-state index contributed by atoms with van der Waals surface area (Å²) in [6, 6.07) is 14.4. The zero-order valence-electron chi connectivity index (χ0n) is 19.4. The van der Waals surface area contributed by atoms with Crippen molar-refractivity contribution in [2.24, 2.45) is 0 Å². The van der Waals surface area contributed by atoms with E-state index in [0.717, 1.165) is 53.8 Å². The van der Waals surface area contributed by atoms with Gasteiger partial charge in [0.05, 0.1) is 23.1 Å². The van der Waals surface area contributed by atoms with Crippen LogP contribution in [-0.2, 0) is 0 Å². The first kappa shape index (κ1) is 21.3. The van der Waals surface area contributed by atoms with Gasteiger partial charge in [-0.05, 0) is 38.7 Å². The average Bonchev–Trinajstić information content (AvgIpc) is 3.41. The lowest BCUT2D eigenvalue weighted by Crippen LogP contribution is -2.39. The highest BCUT2D eigenvalue weighted by Crippen LogP contribution is 2.44. The third kappa shape index (κ3) is 3.43. The van der Waals surface area contributed by atoms with Crippen LogP contribution in [0.15, 0.2) is 54.9 Å². The van der Waals surface area contributed by atoms with Gasteiger partial charge in [0, 0.05) is 40.9 Å². The van der Waals surface area contributed by atoms with Crippen LogP contribution in [-0.4, -0.2) is 42.3 Å². The number of aromatic nitrogens is 4. The summed E-state index contributed by atoms with van der Waals surface area (Å²) >= 11 is 0. The molecule has 2 saturated heterocycles. The quantitative estimate of drug-likeness (QED) is 0.352. The zero-order chi connectivity index (χ0) is 24.1. The molecule has 0 spiro atoms. The number of nitriles is 1. The highest BCUT2D eigenvalue weighted by molar-refractivity contribution is 6.00. The number of hydrogen-bond acceptors (Lipinski definition) is 7. The normalized spacial score (nSPS) is 21.3. The van der Waals surface area contributed by atoms with Gasteiger partial charge >= 0.3 is 0 Å². The predicted molar refractivity (Wildman–Crippen MR) is 132 cm³/mol. The molecule has 174 valence electrons. The molecule has 0 saturated carbocycles. The smallest absolute Gasteiger partial charge is 0.179 e. The van der Waals surface area contributed by atoms with Gasteiger partial charge in [-0.1, -0.05) is 36.4 Å². The van der Waals surface area contributed by atoms with E-state index in [1.807, 2.05) is 53.6 Å². The number of nitrogens with two attached hydrogens (primary N) is 1. The van der Waals surface area contributed by atoms with E-state index < -0.39 is 0 Å². The number of piperidine rings is 1. The molecule has 2 aliphatic rings. The van der Waals surface area contributed by atoms with Crippen LogP contribution in [0.5, 0.6) is 0 Å². The number of carbonyl (C=O) groups is 1. The second kappa shape index (κ2) is 8.20. The van der Waals surface area contributed by atoms with E-state index in [1.54, 1.807) is 10.7 Å². The Bertz CT molecular complexity index is 1460. The largest absolute Gasteiger partial charge is 0.383 e. The third-order valence-electron chi connectivity index (χ3n) is 7.44. The lowest BCUT2D eigenvalue weighted by Gasteiger charge is -2.35. The van der Waals surface area contributed by atoms with Gasteiger partial charge in [-0.15, -0.1) is 0 Å². The topological polar surface area (TPSA) is 113 Å². The van der Waals surface area contributed by atoms with E-state index in [9.17, 15) is 10.1 Å². The minimum Gasteiger partial charge on any atom is -0.383 e. The Hall–Kier alpha value is -4.25. The van der Waals surface area contributed by atoms with Gasteiger partial charge in [-0.25, -0.2) is 4.98 Å². The van der Waals surface area contributed by atoms with E-state index in [4.69, 9.17) is 10.7 Å². The number of hydrogen-bond donors (Lipinski definition) is 1. The number of Topliss-reactive ketones (excluding diaryl/α,β-unsaturated/α-hetero) is 1. The fraction of sp³-hybridized carbons (Fsp3) is 0.296. The minimum atomic E-state index is -0.118. The molecule has 8 heteroatoms. The van der Waals surface area contributed by atoms with Crippen LogP contribution in [0.1, 0.15) is 54.6 Å². The van der Waals surface area contributed by atoms with E-state index in [1.165, 1.54) is 6.92 Å². The van der Waals surface area contributed by atoms with Crippen molar-refractivity contribution >= 4 is 17.2 Å². The fourth-order valence-corrected chi connectivity index (χ4v) is 5.79. The van der Waals surface area contributed by atoms with Crippen molar-refractivity contribution in [2.45, 2.75) is 50.6 Å². The second-order valence-corrected chi connectivity index (χ2v) is 9.47. The summed E-state index contributed by atoms with van der Waals surface area (Å²) in [7, 11) is 0. The number of anilines is 1. The standard InChI is InChI=1S/C27H25N7O/c1-16(35)24-25(19-11-20-8-9-21(12-19)33(20)15-28)32-27-22(14-31-34(27)26(24)29)18-7-10-23(30-13-18)17-5-3-2-4-6-17/h2-7,10,13-14,19-21H,8-9,11-12,29H2,1H3/t19-,20+,21?/m1/s1. The molecule has 3 atom stereocenters. The number of rotatable bonds is 4. The van der Waals surface area contributed by atoms with Crippen LogP contribution >= 0.6 is 0 Å². The molecule has 35 heavy (non-hydrogen) atoms. The van der Waals surface area contributed by atoms with Gasteiger partial charge in [0.15, 0.2) is 17.6 Å². The zero-order valence-corrected chi connectivity index (χ0v) is 19.4. The van der Waals surface area contributed by atoms with Crippen LogP contribution in [0.25, 0.3) is 28.0 Å². The number of carbonyl (C=O) groups excluding carboxylic acids is 1.